The maximum atomic E-state index is 10.8. The van der Waals surface area contributed by atoms with Crippen molar-refractivity contribution >= 4 is 11.8 Å². The van der Waals surface area contributed by atoms with Crippen LogP contribution in [0, 0.1) is 0 Å². The van der Waals surface area contributed by atoms with Crippen molar-refractivity contribution in [2.24, 2.45) is 0 Å². The van der Waals surface area contributed by atoms with Crippen molar-refractivity contribution in [1.82, 2.24) is 0 Å². The standard InChI is InChI=1S/C9H16O3.C2H6O/c1-3-4-7-12-9(11)6-5-8(2)10;1-2-3/h3-7H2,1-2H3;3H,2H2,1H3. The minimum Gasteiger partial charge on any atom is -0.466 e. The van der Waals surface area contributed by atoms with E-state index in [-0.39, 0.29) is 24.8 Å². The van der Waals surface area contributed by atoms with Gasteiger partial charge in [0.05, 0.1) is 13.0 Å². The first-order valence-electron chi connectivity index (χ1n) is 5.34. The average Bonchev–Trinajstić information content (AvgIpc) is 2.16. The van der Waals surface area contributed by atoms with Gasteiger partial charge in [0.25, 0.3) is 0 Å². The summed E-state index contributed by atoms with van der Waals surface area (Å²) in [7, 11) is 0. The molecule has 0 aromatic carbocycles. The van der Waals surface area contributed by atoms with Crippen LogP contribution in [0.25, 0.3) is 0 Å². The number of carbonyl (C=O) groups is 2. The molecule has 0 rings (SSSR count). The molecule has 0 saturated carbocycles. The predicted octanol–water partition coefficient (Wildman–Crippen LogP) is 1.70. The highest BCUT2D eigenvalue weighted by molar-refractivity contribution is 5.80. The molecule has 0 unspecified atom stereocenters. The fourth-order valence-corrected chi connectivity index (χ4v) is 0.681. The molecule has 0 aromatic heterocycles. The molecule has 15 heavy (non-hydrogen) atoms. The molecule has 0 amide bonds. The van der Waals surface area contributed by atoms with Crippen molar-refractivity contribution in [3.8, 4) is 0 Å². The normalized spacial score (nSPS) is 8.80. The zero-order valence-corrected chi connectivity index (χ0v) is 9.91. The molecule has 0 heterocycles. The van der Waals surface area contributed by atoms with Gasteiger partial charge in [0.1, 0.15) is 5.78 Å². The molecule has 0 aliphatic rings. The first-order chi connectivity index (χ1) is 7.08. The van der Waals surface area contributed by atoms with Gasteiger partial charge in [0, 0.05) is 13.0 Å². The smallest absolute Gasteiger partial charge is 0.306 e. The maximum absolute atomic E-state index is 10.8. The van der Waals surface area contributed by atoms with E-state index in [0.717, 1.165) is 12.8 Å². The molecule has 0 atom stereocenters. The van der Waals surface area contributed by atoms with Crippen LogP contribution in [0.15, 0.2) is 0 Å². The van der Waals surface area contributed by atoms with E-state index in [1.54, 1.807) is 6.92 Å². The number of Topliss-reactive ketones (excluding diaryl/α,β-unsaturated/α-hetero) is 1. The van der Waals surface area contributed by atoms with Crippen LogP contribution >= 0.6 is 0 Å². The monoisotopic (exact) mass is 218 g/mol. The minimum absolute atomic E-state index is 0.0300. The maximum Gasteiger partial charge on any atom is 0.306 e. The topological polar surface area (TPSA) is 63.6 Å². The molecule has 1 N–H and O–H groups in total. The summed E-state index contributed by atoms with van der Waals surface area (Å²) in [5.74, 6) is -0.235. The summed E-state index contributed by atoms with van der Waals surface area (Å²) in [5, 5.41) is 7.57. The van der Waals surface area contributed by atoms with Crippen LogP contribution in [-0.4, -0.2) is 30.1 Å². The van der Waals surface area contributed by atoms with Crippen LogP contribution < -0.4 is 0 Å². The molecule has 0 fully saturated rings. The van der Waals surface area contributed by atoms with Gasteiger partial charge < -0.3 is 14.6 Å². The summed E-state index contributed by atoms with van der Waals surface area (Å²) >= 11 is 0. The number of unbranched alkanes of at least 4 members (excludes halogenated alkanes) is 1. The molecular weight excluding hydrogens is 196 g/mol. The van der Waals surface area contributed by atoms with E-state index < -0.39 is 0 Å². The molecular formula is C11H22O4. The molecule has 4 nitrogen and oxygen atoms in total. The Morgan fingerprint density at radius 2 is 1.73 bits per heavy atom. The number of ketones is 1. The van der Waals surface area contributed by atoms with Gasteiger partial charge in [-0.15, -0.1) is 0 Å². The number of hydrogen-bond acceptors (Lipinski definition) is 4. The van der Waals surface area contributed by atoms with Gasteiger partial charge in [-0.25, -0.2) is 0 Å². The SMILES string of the molecule is CCCCOC(=O)CCC(C)=O.CCO. The quantitative estimate of drug-likeness (QED) is 0.544. The van der Waals surface area contributed by atoms with E-state index in [4.69, 9.17) is 9.84 Å². The fraction of sp³-hybridized carbons (Fsp3) is 0.818. The van der Waals surface area contributed by atoms with Crippen LogP contribution in [0.4, 0.5) is 0 Å². The molecule has 90 valence electrons. The second-order valence-electron chi connectivity index (χ2n) is 3.09. The van der Waals surface area contributed by atoms with Gasteiger partial charge in [-0.1, -0.05) is 13.3 Å². The van der Waals surface area contributed by atoms with Crippen molar-refractivity contribution in [3.63, 3.8) is 0 Å². The Bertz CT molecular complexity index is 166. The second kappa shape index (κ2) is 13.1. The Morgan fingerprint density at radius 3 is 2.13 bits per heavy atom. The van der Waals surface area contributed by atoms with Crippen LogP contribution in [-0.2, 0) is 14.3 Å². The highest BCUT2D eigenvalue weighted by atomic mass is 16.5. The number of aliphatic hydroxyl groups excluding tert-OH is 1. The van der Waals surface area contributed by atoms with Gasteiger partial charge in [-0.2, -0.15) is 0 Å². The predicted molar refractivity (Wildman–Crippen MR) is 58.5 cm³/mol. The van der Waals surface area contributed by atoms with Crippen LogP contribution in [0.2, 0.25) is 0 Å². The Morgan fingerprint density at radius 1 is 1.20 bits per heavy atom. The third-order valence-electron chi connectivity index (χ3n) is 1.44. The molecule has 4 heteroatoms. The van der Waals surface area contributed by atoms with Crippen molar-refractivity contribution in [2.45, 2.75) is 46.5 Å². The average molecular weight is 218 g/mol. The zero-order valence-electron chi connectivity index (χ0n) is 9.91. The molecule has 0 spiro atoms. The highest BCUT2D eigenvalue weighted by Crippen LogP contribution is 1.95. The molecule has 0 radical (unpaired) electrons. The van der Waals surface area contributed by atoms with Crippen molar-refractivity contribution in [2.75, 3.05) is 13.2 Å². The van der Waals surface area contributed by atoms with E-state index in [0.29, 0.717) is 13.0 Å². The number of esters is 1. The Balaban J connectivity index is 0. The molecule has 0 saturated heterocycles. The van der Waals surface area contributed by atoms with E-state index in [9.17, 15) is 9.59 Å². The summed E-state index contributed by atoms with van der Waals surface area (Å²) in [6, 6.07) is 0. The summed E-state index contributed by atoms with van der Waals surface area (Å²) < 4.78 is 4.84. The number of hydrogen-bond donors (Lipinski definition) is 1. The number of carbonyl (C=O) groups excluding carboxylic acids is 2. The van der Waals surface area contributed by atoms with Crippen molar-refractivity contribution < 1.29 is 19.4 Å². The second-order valence-corrected chi connectivity index (χ2v) is 3.09. The lowest BCUT2D eigenvalue weighted by Crippen LogP contribution is -2.07. The van der Waals surface area contributed by atoms with Gasteiger partial charge in [0.15, 0.2) is 0 Å². The summed E-state index contributed by atoms with van der Waals surface area (Å²) in [5.41, 5.74) is 0. The van der Waals surface area contributed by atoms with Crippen molar-refractivity contribution in [1.29, 1.82) is 0 Å². The number of aliphatic hydroxyl groups is 1. The molecule has 0 aromatic rings. The molecule has 0 bridgehead atoms. The lowest BCUT2D eigenvalue weighted by molar-refractivity contribution is -0.144. The Labute approximate surface area is 91.6 Å². The van der Waals surface area contributed by atoms with Gasteiger partial charge >= 0.3 is 5.97 Å². The van der Waals surface area contributed by atoms with Gasteiger partial charge in [0.2, 0.25) is 0 Å². The van der Waals surface area contributed by atoms with Crippen LogP contribution in [0.5, 0.6) is 0 Å². The number of ether oxygens (including phenoxy) is 1. The summed E-state index contributed by atoms with van der Waals surface area (Å²) in [6.07, 6.45) is 2.43. The minimum atomic E-state index is -0.265. The third kappa shape index (κ3) is 19.5. The van der Waals surface area contributed by atoms with Gasteiger partial charge in [-0.05, 0) is 20.3 Å². The lowest BCUT2D eigenvalue weighted by Gasteiger charge is -2.01. The third-order valence-corrected chi connectivity index (χ3v) is 1.44. The van der Waals surface area contributed by atoms with E-state index >= 15 is 0 Å². The Hall–Kier alpha value is -0.900. The first-order valence-corrected chi connectivity index (χ1v) is 5.34. The first kappa shape index (κ1) is 16.5. The van der Waals surface area contributed by atoms with Crippen LogP contribution in [0.1, 0.15) is 46.5 Å². The Kier molecular flexibility index (Phi) is 14.4. The van der Waals surface area contributed by atoms with Crippen LogP contribution in [0.3, 0.4) is 0 Å². The fourth-order valence-electron chi connectivity index (χ4n) is 0.681. The van der Waals surface area contributed by atoms with Crippen molar-refractivity contribution in [3.05, 3.63) is 0 Å². The largest absolute Gasteiger partial charge is 0.466 e. The molecule has 0 aliphatic heterocycles. The van der Waals surface area contributed by atoms with E-state index in [1.165, 1.54) is 6.92 Å². The van der Waals surface area contributed by atoms with Gasteiger partial charge in [-0.3, -0.25) is 4.79 Å². The summed E-state index contributed by atoms with van der Waals surface area (Å²) in [4.78, 5) is 21.3. The molecule has 0 aliphatic carbocycles. The van der Waals surface area contributed by atoms with E-state index in [1.807, 2.05) is 6.92 Å². The highest BCUT2D eigenvalue weighted by Gasteiger charge is 2.03. The number of rotatable bonds is 6. The van der Waals surface area contributed by atoms with E-state index in [2.05, 4.69) is 0 Å². The lowest BCUT2D eigenvalue weighted by atomic mass is 10.2. The summed E-state index contributed by atoms with van der Waals surface area (Å²) in [6.45, 7) is 5.91. The zero-order chi connectivity index (χ0) is 12.1.